The van der Waals surface area contributed by atoms with Gasteiger partial charge in [-0.3, -0.25) is 4.90 Å². The lowest BCUT2D eigenvalue weighted by Gasteiger charge is -2.38. The number of piperidine rings is 1. The molecule has 0 bridgehead atoms. The number of hydrogen-bond acceptors (Lipinski definition) is 4. The molecule has 0 saturated carbocycles. The van der Waals surface area contributed by atoms with Crippen LogP contribution >= 0.6 is 0 Å². The average Bonchev–Trinajstić information content (AvgIpc) is 2.53. The molecule has 1 unspecified atom stereocenters. The molecule has 24 heavy (non-hydrogen) atoms. The Balaban J connectivity index is 1.67. The Morgan fingerprint density at radius 1 is 1.17 bits per heavy atom. The highest BCUT2D eigenvalue weighted by Gasteiger charge is 2.24. The molecule has 0 N–H and O–H groups in total. The third-order valence-electron chi connectivity index (χ3n) is 4.51. The normalized spacial score (nSPS) is 18.6. The lowest BCUT2D eigenvalue weighted by atomic mass is 10.0. The highest BCUT2D eigenvalue weighted by Crippen LogP contribution is 2.21. The summed E-state index contributed by atoms with van der Waals surface area (Å²) in [5, 5.41) is 0. The number of benzene rings is 1. The SMILES string of the molecule is Cc1cc(N(C)C2CCCN(Cc3cc(F)cc(F)c3)C2)ncn1. The molecule has 4 nitrogen and oxygen atoms in total. The van der Waals surface area contributed by atoms with Crippen molar-refractivity contribution in [1.29, 1.82) is 0 Å². The van der Waals surface area contributed by atoms with Crippen molar-refractivity contribution in [3.63, 3.8) is 0 Å². The topological polar surface area (TPSA) is 32.3 Å². The minimum atomic E-state index is -0.521. The summed E-state index contributed by atoms with van der Waals surface area (Å²) in [7, 11) is 2.04. The van der Waals surface area contributed by atoms with Crippen molar-refractivity contribution in [3.8, 4) is 0 Å². The second-order valence-corrected chi connectivity index (χ2v) is 6.44. The number of likely N-dealkylation sites (N-methyl/N-ethyl adjacent to an activating group) is 1. The highest BCUT2D eigenvalue weighted by molar-refractivity contribution is 5.39. The number of rotatable bonds is 4. The van der Waals surface area contributed by atoms with Crippen LogP contribution in [0.25, 0.3) is 0 Å². The summed E-state index contributed by atoms with van der Waals surface area (Å²) in [4.78, 5) is 12.9. The van der Waals surface area contributed by atoms with Crippen LogP contribution in [0, 0.1) is 18.6 Å². The molecule has 1 aromatic carbocycles. The zero-order chi connectivity index (χ0) is 17.1. The molecule has 0 spiro atoms. The second kappa shape index (κ2) is 7.21. The maximum Gasteiger partial charge on any atom is 0.132 e. The van der Waals surface area contributed by atoms with Crippen LogP contribution in [0.1, 0.15) is 24.1 Å². The van der Waals surface area contributed by atoms with Gasteiger partial charge < -0.3 is 4.90 Å². The highest BCUT2D eigenvalue weighted by atomic mass is 19.1. The summed E-state index contributed by atoms with van der Waals surface area (Å²) in [6, 6.07) is 6.02. The van der Waals surface area contributed by atoms with Crippen molar-refractivity contribution in [2.24, 2.45) is 0 Å². The van der Waals surface area contributed by atoms with Crippen LogP contribution in [0.2, 0.25) is 0 Å². The van der Waals surface area contributed by atoms with Gasteiger partial charge in [0.1, 0.15) is 23.8 Å². The van der Waals surface area contributed by atoms with Crippen molar-refractivity contribution in [3.05, 3.63) is 53.5 Å². The number of likely N-dealkylation sites (tertiary alicyclic amines) is 1. The van der Waals surface area contributed by atoms with E-state index in [-0.39, 0.29) is 0 Å². The van der Waals surface area contributed by atoms with Gasteiger partial charge in [0.25, 0.3) is 0 Å². The molecule has 1 aliphatic rings. The van der Waals surface area contributed by atoms with Gasteiger partial charge >= 0.3 is 0 Å². The third kappa shape index (κ3) is 4.06. The number of aromatic nitrogens is 2. The molecule has 2 heterocycles. The Morgan fingerprint density at radius 3 is 2.62 bits per heavy atom. The maximum absolute atomic E-state index is 13.4. The molecule has 1 aromatic heterocycles. The minimum absolute atomic E-state index is 0.325. The van der Waals surface area contributed by atoms with Crippen molar-refractivity contribution >= 4 is 5.82 Å². The Hall–Kier alpha value is -2.08. The number of nitrogens with zero attached hydrogens (tertiary/aromatic N) is 4. The van der Waals surface area contributed by atoms with Crippen LogP contribution < -0.4 is 4.90 Å². The molecule has 3 rings (SSSR count). The summed E-state index contributed by atoms with van der Waals surface area (Å²) in [6.45, 7) is 4.29. The van der Waals surface area contributed by atoms with E-state index in [2.05, 4.69) is 19.8 Å². The standard InChI is InChI=1S/C18H22F2N4/c1-13-6-18(22-12-21-13)23(2)17-4-3-5-24(11-17)10-14-7-15(19)9-16(20)8-14/h6-9,12,17H,3-5,10-11H2,1-2H3. The van der Waals surface area contributed by atoms with E-state index in [1.165, 1.54) is 12.1 Å². The van der Waals surface area contributed by atoms with Gasteiger partial charge in [-0.1, -0.05) is 0 Å². The Kier molecular flexibility index (Phi) is 5.04. The van der Waals surface area contributed by atoms with Crippen LogP contribution in [0.5, 0.6) is 0 Å². The predicted octanol–water partition coefficient (Wildman–Crippen LogP) is 3.16. The first-order valence-electron chi connectivity index (χ1n) is 8.20. The quantitative estimate of drug-likeness (QED) is 0.861. The summed E-state index contributed by atoms with van der Waals surface area (Å²) >= 11 is 0. The first-order chi connectivity index (χ1) is 11.5. The van der Waals surface area contributed by atoms with E-state index in [1.807, 2.05) is 20.0 Å². The monoisotopic (exact) mass is 332 g/mol. The molecule has 1 atom stereocenters. The molecule has 2 aromatic rings. The van der Waals surface area contributed by atoms with E-state index in [4.69, 9.17) is 0 Å². The molecule has 6 heteroatoms. The van der Waals surface area contributed by atoms with Crippen LogP contribution in [0.4, 0.5) is 14.6 Å². The van der Waals surface area contributed by atoms with E-state index in [9.17, 15) is 8.78 Å². The molecule has 0 aliphatic carbocycles. The fraction of sp³-hybridized carbons (Fsp3) is 0.444. The van der Waals surface area contributed by atoms with E-state index >= 15 is 0 Å². The molecule has 0 radical (unpaired) electrons. The van der Waals surface area contributed by atoms with Crippen LogP contribution in [0.15, 0.2) is 30.6 Å². The molecule has 1 fully saturated rings. The lowest BCUT2D eigenvalue weighted by molar-refractivity contribution is 0.198. The van der Waals surface area contributed by atoms with Crippen LogP contribution in [-0.2, 0) is 6.54 Å². The van der Waals surface area contributed by atoms with Gasteiger partial charge in [0.05, 0.1) is 0 Å². The zero-order valence-electron chi connectivity index (χ0n) is 14.0. The van der Waals surface area contributed by atoms with Crippen molar-refractivity contribution < 1.29 is 8.78 Å². The van der Waals surface area contributed by atoms with Gasteiger partial charge in [-0.2, -0.15) is 0 Å². The lowest BCUT2D eigenvalue weighted by Crippen LogP contribution is -2.46. The van der Waals surface area contributed by atoms with Crippen molar-refractivity contribution in [1.82, 2.24) is 14.9 Å². The van der Waals surface area contributed by atoms with Crippen LogP contribution in [0.3, 0.4) is 0 Å². The summed E-state index contributed by atoms with van der Waals surface area (Å²) < 4.78 is 26.7. The summed E-state index contributed by atoms with van der Waals surface area (Å²) in [5.41, 5.74) is 1.61. The largest absolute Gasteiger partial charge is 0.355 e. The Labute approximate surface area is 141 Å². The van der Waals surface area contributed by atoms with E-state index in [1.54, 1.807) is 6.33 Å². The van der Waals surface area contributed by atoms with E-state index < -0.39 is 11.6 Å². The van der Waals surface area contributed by atoms with E-state index in [0.717, 1.165) is 43.5 Å². The van der Waals surface area contributed by atoms with Gasteiger partial charge in [-0.15, -0.1) is 0 Å². The number of anilines is 1. The van der Waals surface area contributed by atoms with Crippen molar-refractivity contribution in [2.75, 3.05) is 25.0 Å². The van der Waals surface area contributed by atoms with Gasteiger partial charge in [0.2, 0.25) is 0 Å². The molecular formula is C18H22F2N4. The smallest absolute Gasteiger partial charge is 0.132 e. The molecule has 128 valence electrons. The van der Waals surface area contributed by atoms with Crippen LogP contribution in [-0.4, -0.2) is 41.0 Å². The zero-order valence-corrected chi connectivity index (χ0v) is 14.0. The first kappa shape index (κ1) is 16.8. The predicted molar refractivity (Wildman–Crippen MR) is 89.8 cm³/mol. The molecule has 1 saturated heterocycles. The van der Waals surface area contributed by atoms with Crippen molar-refractivity contribution in [2.45, 2.75) is 32.4 Å². The van der Waals surface area contributed by atoms with E-state index in [0.29, 0.717) is 18.2 Å². The average molecular weight is 332 g/mol. The number of hydrogen-bond donors (Lipinski definition) is 0. The Morgan fingerprint density at radius 2 is 1.92 bits per heavy atom. The molecular weight excluding hydrogens is 310 g/mol. The molecule has 0 amide bonds. The number of aryl methyl sites for hydroxylation is 1. The van der Waals surface area contributed by atoms with Gasteiger partial charge in [0, 0.05) is 44.0 Å². The maximum atomic E-state index is 13.4. The first-order valence-corrected chi connectivity index (χ1v) is 8.20. The fourth-order valence-electron chi connectivity index (χ4n) is 3.27. The third-order valence-corrected chi connectivity index (χ3v) is 4.51. The number of halogens is 2. The summed E-state index contributed by atoms with van der Waals surface area (Å²) in [6.07, 6.45) is 3.71. The summed E-state index contributed by atoms with van der Waals surface area (Å²) in [5.74, 6) is -0.134. The van der Waals surface area contributed by atoms with Gasteiger partial charge in [-0.05, 0) is 44.0 Å². The van der Waals surface area contributed by atoms with Gasteiger partial charge in [-0.25, -0.2) is 18.7 Å². The fourth-order valence-corrected chi connectivity index (χ4v) is 3.27. The second-order valence-electron chi connectivity index (χ2n) is 6.44. The van der Waals surface area contributed by atoms with Gasteiger partial charge in [0.15, 0.2) is 0 Å². The Bertz CT molecular complexity index is 687. The molecule has 1 aliphatic heterocycles. The minimum Gasteiger partial charge on any atom is -0.355 e.